The number of hydrogen-bond donors (Lipinski definition) is 2. The van der Waals surface area contributed by atoms with Crippen LogP contribution in [0.5, 0.6) is 0 Å². The Labute approximate surface area is 162 Å². The summed E-state index contributed by atoms with van der Waals surface area (Å²) in [5.74, 6) is 2.05. The first kappa shape index (κ1) is 19.1. The predicted molar refractivity (Wildman–Crippen MR) is 109 cm³/mol. The second-order valence-electron chi connectivity index (χ2n) is 6.12. The summed E-state index contributed by atoms with van der Waals surface area (Å²) < 4.78 is 5.45. The van der Waals surface area contributed by atoms with Gasteiger partial charge in [0.25, 0.3) is 0 Å². The molecule has 0 aliphatic carbocycles. The van der Waals surface area contributed by atoms with Crippen LogP contribution in [-0.2, 0) is 4.74 Å². The summed E-state index contributed by atoms with van der Waals surface area (Å²) in [4.78, 5) is 19.8. The van der Waals surface area contributed by atoms with Gasteiger partial charge in [0, 0.05) is 24.2 Å². The molecule has 142 valence electrons. The minimum atomic E-state index is 0.0369. The molecule has 3 rings (SSSR count). The van der Waals surface area contributed by atoms with Gasteiger partial charge in [-0.3, -0.25) is 0 Å². The molecule has 2 aromatic rings. The van der Waals surface area contributed by atoms with E-state index in [0.717, 1.165) is 30.0 Å². The minimum absolute atomic E-state index is 0.0369. The molecule has 0 radical (unpaired) electrons. The number of halogens is 1. The molecule has 1 aliphatic rings. The van der Waals surface area contributed by atoms with E-state index in [1.54, 1.807) is 13.0 Å². The smallest absolute Gasteiger partial charge is 0.223 e. The van der Waals surface area contributed by atoms with Gasteiger partial charge < -0.3 is 21.1 Å². The van der Waals surface area contributed by atoms with Crippen molar-refractivity contribution >= 4 is 35.0 Å². The van der Waals surface area contributed by atoms with Crippen molar-refractivity contribution in [3.05, 3.63) is 34.9 Å². The monoisotopic (exact) mass is 387 g/mol. The average molecular weight is 388 g/mol. The van der Waals surface area contributed by atoms with E-state index in [1.165, 1.54) is 0 Å². The summed E-state index contributed by atoms with van der Waals surface area (Å²) in [5.41, 5.74) is 13.0. The van der Waals surface area contributed by atoms with E-state index in [9.17, 15) is 0 Å². The number of hydrogen-bond acceptors (Lipinski definition) is 5. The Bertz CT molecular complexity index is 887. The molecule has 0 atom stereocenters. The van der Waals surface area contributed by atoms with Crippen molar-refractivity contribution < 1.29 is 4.74 Å². The molecule has 0 unspecified atom stereocenters. The van der Waals surface area contributed by atoms with Crippen LogP contribution in [0.25, 0.3) is 11.4 Å². The summed E-state index contributed by atoms with van der Waals surface area (Å²) in [7, 11) is 0. The molecule has 2 heterocycles. The van der Waals surface area contributed by atoms with Gasteiger partial charge in [-0.1, -0.05) is 23.7 Å². The van der Waals surface area contributed by atoms with Crippen molar-refractivity contribution in [1.29, 1.82) is 0 Å². The predicted octanol–water partition coefficient (Wildman–Crippen LogP) is 2.27. The van der Waals surface area contributed by atoms with E-state index in [0.29, 0.717) is 35.7 Å². The largest absolute Gasteiger partial charge is 0.387 e. The number of ether oxygens (including phenoxy) is 1. The van der Waals surface area contributed by atoms with Crippen molar-refractivity contribution in [2.24, 2.45) is 21.5 Å². The van der Waals surface area contributed by atoms with Crippen LogP contribution in [0, 0.1) is 6.92 Å². The van der Waals surface area contributed by atoms with Crippen LogP contribution in [0.1, 0.15) is 12.5 Å². The fourth-order valence-corrected chi connectivity index (χ4v) is 2.98. The summed E-state index contributed by atoms with van der Waals surface area (Å²) in [6.07, 6.45) is 0. The van der Waals surface area contributed by atoms with Crippen LogP contribution >= 0.6 is 11.6 Å². The van der Waals surface area contributed by atoms with Crippen LogP contribution in [0.4, 0.5) is 11.6 Å². The molecule has 0 bridgehead atoms. The van der Waals surface area contributed by atoms with Crippen molar-refractivity contribution in [3.63, 3.8) is 0 Å². The number of morpholine rings is 1. The number of nitrogens with zero attached hydrogens (tertiary/aromatic N) is 5. The standard InChI is InChI=1S/C18H22ClN7O/c1-11-15(25-18(21)22-12(2)20)23-16(13-5-3-4-6-14(13)19)24-17(11)26-7-9-27-10-8-26/h3-6H,7-10H2,1-2H3,(H4,20,21,22,23,24,25). The van der Waals surface area contributed by atoms with Gasteiger partial charge in [0.1, 0.15) is 5.82 Å². The van der Waals surface area contributed by atoms with Gasteiger partial charge in [-0.25, -0.2) is 15.0 Å². The number of rotatable bonds is 3. The van der Waals surface area contributed by atoms with Gasteiger partial charge in [0.2, 0.25) is 5.96 Å². The summed E-state index contributed by atoms with van der Waals surface area (Å²) >= 11 is 6.35. The second-order valence-corrected chi connectivity index (χ2v) is 6.53. The van der Waals surface area contributed by atoms with E-state index in [-0.39, 0.29) is 5.96 Å². The zero-order valence-electron chi connectivity index (χ0n) is 15.3. The molecule has 1 saturated heterocycles. The van der Waals surface area contributed by atoms with E-state index in [4.69, 9.17) is 32.8 Å². The number of aliphatic imine (C=N–C) groups is 2. The number of amidine groups is 1. The number of aromatic nitrogens is 2. The van der Waals surface area contributed by atoms with Crippen molar-refractivity contribution in [2.75, 3.05) is 31.2 Å². The third-order valence-corrected chi connectivity index (χ3v) is 4.36. The lowest BCUT2D eigenvalue weighted by Crippen LogP contribution is -2.37. The van der Waals surface area contributed by atoms with Gasteiger partial charge in [0.15, 0.2) is 11.6 Å². The minimum Gasteiger partial charge on any atom is -0.387 e. The third kappa shape index (κ3) is 4.53. The highest BCUT2D eigenvalue weighted by Crippen LogP contribution is 2.32. The number of guanidine groups is 1. The van der Waals surface area contributed by atoms with Crippen molar-refractivity contribution in [1.82, 2.24) is 9.97 Å². The third-order valence-electron chi connectivity index (χ3n) is 4.03. The topological polar surface area (TPSA) is 115 Å². The normalized spacial score (nSPS) is 15.9. The van der Waals surface area contributed by atoms with Crippen molar-refractivity contribution in [2.45, 2.75) is 13.8 Å². The van der Waals surface area contributed by atoms with Crippen LogP contribution in [0.15, 0.2) is 34.3 Å². The van der Waals surface area contributed by atoms with Crippen LogP contribution in [0.3, 0.4) is 0 Å². The first-order valence-corrected chi connectivity index (χ1v) is 8.94. The molecule has 8 nitrogen and oxygen atoms in total. The van der Waals surface area contributed by atoms with Crippen LogP contribution in [-0.4, -0.2) is 48.1 Å². The SMILES string of the molecule is C/C(N)=N/C(N)=N/c1nc(-c2ccccc2Cl)nc(N2CCOCC2)c1C. The molecule has 27 heavy (non-hydrogen) atoms. The zero-order chi connectivity index (χ0) is 19.4. The average Bonchev–Trinajstić information content (AvgIpc) is 2.64. The maximum atomic E-state index is 6.35. The van der Waals surface area contributed by atoms with E-state index in [2.05, 4.69) is 19.9 Å². The summed E-state index contributed by atoms with van der Waals surface area (Å²) in [6.45, 7) is 6.30. The fourth-order valence-electron chi connectivity index (χ4n) is 2.76. The van der Waals surface area contributed by atoms with E-state index in [1.807, 2.05) is 25.1 Å². The Balaban J connectivity index is 2.15. The van der Waals surface area contributed by atoms with Crippen LogP contribution in [0.2, 0.25) is 5.02 Å². The summed E-state index contributed by atoms with van der Waals surface area (Å²) in [6, 6.07) is 7.42. The Hall–Kier alpha value is -2.71. The molecule has 0 saturated carbocycles. The Morgan fingerprint density at radius 2 is 1.89 bits per heavy atom. The summed E-state index contributed by atoms with van der Waals surface area (Å²) in [5, 5.41) is 0.563. The number of anilines is 1. The lowest BCUT2D eigenvalue weighted by molar-refractivity contribution is 0.122. The van der Waals surface area contributed by atoms with Gasteiger partial charge >= 0.3 is 0 Å². The quantitative estimate of drug-likeness (QED) is 0.616. The van der Waals surface area contributed by atoms with Crippen LogP contribution < -0.4 is 16.4 Å². The Morgan fingerprint density at radius 1 is 1.19 bits per heavy atom. The zero-order valence-corrected chi connectivity index (χ0v) is 16.1. The highest BCUT2D eigenvalue weighted by molar-refractivity contribution is 6.33. The van der Waals surface area contributed by atoms with Gasteiger partial charge in [-0.05, 0) is 26.0 Å². The molecule has 1 aromatic heterocycles. The molecular weight excluding hydrogens is 366 g/mol. The molecular formula is C18H22ClN7O. The Morgan fingerprint density at radius 3 is 2.56 bits per heavy atom. The number of nitrogens with two attached hydrogens (primary N) is 2. The molecule has 1 aliphatic heterocycles. The van der Waals surface area contributed by atoms with Gasteiger partial charge in [-0.2, -0.15) is 4.99 Å². The maximum absolute atomic E-state index is 6.35. The maximum Gasteiger partial charge on any atom is 0.223 e. The highest BCUT2D eigenvalue weighted by atomic mass is 35.5. The van der Waals surface area contributed by atoms with Crippen molar-refractivity contribution in [3.8, 4) is 11.4 Å². The second kappa shape index (κ2) is 8.32. The first-order chi connectivity index (χ1) is 13.0. The van der Waals surface area contributed by atoms with Gasteiger partial charge in [0.05, 0.1) is 24.1 Å². The highest BCUT2D eigenvalue weighted by Gasteiger charge is 2.20. The molecule has 9 heteroatoms. The van der Waals surface area contributed by atoms with E-state index >= 15 is 0 Å². The molecule has 4 N–H and O–H groups in total. The fraction of sp³-hybridized carbons (Fsp3) is 0.333. The lowest BCUT2D eigenvalue weighted by atomic mass is 10.2. The molecule has 0 spiro atoms. The first-order valence-electron chi connectivity index (χ1n) is 8.57. The Kier molecular flexibility index (Phi) is 5.88. The molecule has 0 amide bonds. The molecule has 1 aromatic carbocycles. The lowest BCUT2D eigenvalue weighted by Gasteiger charge is -2.29. The van der Waals surface area contributed by atoms with Gasteiger partial charge in [-0.15, -0.1) is 0 Å². The molecule has 1 fully saturated rings. The number of benzene rings is 1. The van der Waals surface area contributed by atoms with E-state index < -0.39 is 0 Å².